The van der Waals surface area contributed by atoms with Crippen molar-refractivity contribution in [1.82, 2.24) is 0 Å². The first-order valence-corrected chi connectivity index (χ1v) is 7.90. The maximum absolute atomic E-state index is 10.3. The summed E-state index contributed by atoms with van der Waals surface area (Å²) in [4.78, 5) is 0. The molecule has 0 N–H and O–H groups in total. The molecule has 0 rings (SSSR count). The Labute approximate surface area is 76.8 Å². The van der Waals surface area contributed by atoms with E-state index in [1.54, 1.807) is 0 Å². The van der Waals surface area contributed by atoms with Gasteiger partial charge in [0, 0.05) is 0 Å². The average molecular weight is 312 g/mol. The Morgan fingerprint density at radius 3 is 1.36 bits per heavy atom. The van der Waals surface area contributed by atoms with E-state index in [1.165, 1.54) is 0 Å². The van der Waals surface area contributed by atoms with Crippen LogP contribution in [0.2, 0.25) is 0 Å². The normalized spacial score (nSPS) is 13.3. The predicted molar refractivity (Wildman–Crippen MR) is 37.6 cm³/mol. The van der Waals surface area contributed by atoms with E-state index in [-0.39, 0.29) is 0 Å². The average Bonchev–Trinajstić information content (AvgIpc) is 1.55. The summed E-state index contributed by atoms with van der Waals surface area (Å²) in [6.07, 6.45) is 1.66. The molecule has 0 spiro atoms. The van der Waals surface area contributed by atoms with Crippen molar-refractivity contribution in [3.8, 4) is 0 Å². The molecule has 6 nitrogen and oxygen atoms in total. The molecule has 11 heavy (non-hydrogen) atoms. The summed E-state index contributed by atoms with van der Waals surface area (Å²) in [5, 5.41) is 0. The maximum atomic E-state index is 10.3. The van der Waals surface area contributed by atoms with E-state index in [0.29, 0.717) is 0 Å². The zero-order valence-electron chi connectivity index (χ0n) is 5.71. The molecule has 0 amide bonds. The van der Waals surface area contributed by atoms with Gasteiger partial charge >= 0.3 is 77.0 Å². The molecule has 0 heterocycles. The second-order valence-electron chi connectivity index (χ2n) is 1.63. The van der Waals surface area contributed by atoms with Crippen LogP contribution in [0, 0.1) is 0 Å². The molecular formula is C2H6O6S2Sb. The van der Waals surface area contributed by atoms with Crippen LogP contribution in [0.3, 0.4) is 0 Å². The van der Waals surface area contributed by atoms with E-state index < -0.39 is 42.7 Å². The summed E-state index contributed by atoms with van der Waals surface area (Å²) in [6.45, 7) is 0. The van der Waals surface area contributed by atoms with Crippen LogP contribution in [0.5, 0.6) is 0 Å². The van der Waals surface area contributed by atoms with Gasteiger partial charge in [-0.1, -0.05) is 0 Å². The van der Waals surface area contributed by atoms with E-state index in [1.807, 2.05) is 0 Å². The van der Waals surface area contributed by atoms with Crippen LogP contribution in [-0.4, -0.2) is 51.8 Å². The molecule has 9 heteroatoms. The van der Waals surface area contributed by atoms with Crippen LogP contribution in [0.25, 0.3) is 0 Å². The summed E-state index contributed by atoms with van der Waals surface area (Å²) >= 11 is -2.07. The monoisotopic (exact) mass is 311 g/mol. The Morgan fingerprint density at radius 2 is 1.18 bits per heavy atom. The predicted octanol–water partition coefficient (Wildman–Crippen LogP) is -1.53. The van der Waals surface area contributed by atoms with Crippen molar-refractivity contribution >= 4 is 42.7 Å². The molecule has 0 saturated heterocycles. The Morgan fingerprint density at radius 1 is 0.909 bits per heavy atom. The zero-order valence-corrected chi connectivity index (χ0v) is 9.90. The quantitative estimate of drug-likeness (QED) is 0.586. The first kappa shape index (κ1) is 11.6. The van der Waals surface area contributed by atoms with Crippen LogP contribution >= 0.6 is 0 Å². The van der Waals surface area contributed by atoms with E-state index in [9.17, 15) is 16.8 Å². The van der Waals surface area contributed by atoms with Crippen LogP contribution in [0.4, 0.5) is 0 Å². The van der Waals surface area contributed by atoms with E-state index in [0.717, 1.165) is 12.5 Å². The SMILES string of the molecule is CS(=O)(=O)[O][Sb][O]S(C)(=O)=O. The van der Waals surface area contributed by atoms with Crippen molar-refractivity contribution in [2.24, 2.45) is 0 Å². The third kappa shape index (κ3) is 10.6. The third-order valence-corrected chi connectivity index (χ3v) is 6.67. The Hall–Kier alpha value is 0.638. The van der Waals surface area contributed by atoms with Crippen molar-refractivity contribution < 1.29 is 21.8 Å². The van der Waals surface area contributed by atoms with Crippen LogP contribution in [0.15, 0.2) is 0 Å². The van der Waals surface area contributed by atoms with Gasteiger partial charge in [0.05, 0.1) is 0 Å². The standard InChI is InChI=1S/2CH4O3S.Sb/c2*1-5(2,3)4;/h2*1H3,(H,2,3,4);/q;;+2/p-2. The minimum atomic E-state index is -3.57. The molecule has 0 aromatic carbocycles. The second kappa shape index (κ2) is 4.04. The summed E-state index contributed by atoms with van der Waals surface area (Å²) in [7, 11) is -7.14. The van der Waals surface area contributed by atoms with E-state index in [4.69, 9.17) is 0 Å². The number of rotatable bonds is 4. The second-order valence-corrected chi connectivity index (χ2v) is 7.72. The van der Waals surface area contributed by atoms with Gasteiger partial charge in [-0.15, -0.1) is 0 Å². The van der Waals surface area contributed by atoms with Gasteiger partial charge in [-0.05, 0) is 0 Å². The van der Waals surface area contributed by atoms with E-state index in [2.05, 4.69) is 4.92 Å². The molecular weight excluding hydrogens is 306 g/mol. The molecule has 0 saturated carbocycles. The van der Waals surface area contributed by atoms with Gasteiger partial charge in [0.25, 0.3) is 0 Å². The molecule has 0 unspecified atom stereocenters. The molecule has 0 aliphatic rings. The van der Waals surface area contributed by atoms with Crippen LogP contribution < -0.4 is 0 Å². The van der Waals surface area contributed by atoms with Gasteiger partial charge in [-0.3, -0.25) is 0 Å². The van der Waals surface area contributed by atoms with Gasteiger partial charge in [0.1, 0.15) is 0 Å². The third-order valence-electron chi connectivity index (χ3n) is 0.332. The molecule has 0 aromatic rings. The van der Waals surface area contributed by atoms with Gasteiger partial charge in [0.15, 0.2) is 0 Å². The molecule has 67 valence electrons. The fourth-order valence-corrected chi connectivity index (χ4v) is 2.97. The Kier molecular flexibility index (Phi) is 4.28. The molecule has 0 aromatic heterocycles. The Balaban J connectivity index is 3.79. The first-order chi connectivity index (χ1) is 4.71. The Bertz CT molecular complexity index is 267. The summed E-state index contributed by atoms with van der Waals surface area (Å²) in [5.74, 6) is 0. The summed E-state index contributed by atoms with van der Waals surface area (Å²) < 4.78 is 49.3. The molecule has 0 aliphatic heterocycles. The van der Waals surface area contributed by atoms with Gasteiger partial charge < -0.3 is 0 Å². The van der Waals surface area contributed by atoms with Crippen LogP contribution in [-0.2, 0) is 25.2 Å². The van der Waals surface area contributed by atoms with Crippen molar-refractivity contribution in [1.29, 1.82) is 0 Å². The fourth-order valence-electron chi connectivity index (χ4n) is 0.123. The fraction of sp³-hybridized carbons (Fsp3) is 1.00. The first-order valence-electron chi connectivity index (χ1n) is 2.18. The van der Waals surface area contributed by atoms with Gasteiger partial charge in [-0.25, -0.2) is 0 Å². The molecule has 0 fully saturated rings. The van der Waals surface area contributed by atoms with Crippen molar-refractivity contribution in [3.05, 3.63) is 0 Å². The number of hydrogen-bond acceptors (Lipinski definition) is 6. The summed E-state index contributed by atoms with van der Waals surface area (Å²) in [5.41, 5.74) is 0. The molecule has 0 bridgehead atoms. The van der Waals surface area contributed by atoms with Gasteiger partial charge in [0.2, 0.25) is 0 Å². The van der Waals surface area contributed by atoms with Crippen molar-refractivity contribution in [2.45, 2.75) is 0 Å². The molecule has 0 atom stereocenters. The van der Waals surface area contributed by atoms with Crippen molar-refractivity contribution in [2.75, 3.05) is 12.5 Å². The van der Waals surface area contributed by atoms with Crippen molar-refractivity contribution in [3.63, 3.8) is 0 Å². The zero-order chi connectivity index (χ0) is 9.12. The van der Waals surface area contributed by atoms with Crippen LogP contribution in [0.1, 0.15) is 0 Å². The number of hydrogen-bond donors (Lipinski definition) is 0. The molecule has 1 radical (unpaired) electrons. The molecule has 0 aliphatic carbocycles. The minimum absolute atomic E-state index is 0.828. The summed E-state index contributed by atoms with van der Waals surface area (Å²) in [6, 6.07) is 0. The van der Waals surface area contributed by atoms with Gasteiger partial charge in [-0.2, -0.15) is 0 Å². The topological polar surface area (TPSA) is 86.7 Å². The van der Waals surface area contributed by atoms with E-state index >= 15 is 0 Å².